The Balaban J connectivity index is 2.59. The van der Waals surface area contributed by atoms with E-state index in [1.54, 1.807) is 6.07 Å². The molecule has 1 aromatic rings. The molecule has 4 N–H and O–H groups in total. The molecule has 1 aromatic heterocycles. The summed E-state index contributed by atoms with van der Waals surface area (Å²) in [5.41, 5.74) is 12.5. The van der Waals surface area contributed by atoms with Crippen molar-refractivity contribution in [1.29, 1.82) is 0 Å². The Hall–Kier alpha value is -1.55. The fraction of sp³-hybridized carbons (Fsp3) is 0.364. The summed E-state index contributed by atoms with van der Waals surface area (Å²) in [6.45, 7) is 0.616. The summed E-state index contributed by atoms with van der Waals surface area (Å²) in [5.74, 6) is 0.273. The molecule has 1 aliphatic rings. The topological polar surface area (TPSA) is 82.2 Å². The molecule has 15 heavy (non-hydrogen) atoms. The van der Waals surface area contributed by atoms with E-state index in [-0.39, 0.29) is 11.5 Å². The first-order chi connectivity index (χ1) is 7.22. The van der Waals surface area contributed by atoms with Crippen molar-refractivity contribution in [2.75, 3.05) is 6.54 Å². The van der Waals surface area contributed by atoms with Gasteiger partial charge in [-0.3, -0.25) is 0 Å². The summed E-state index contributed by atoms with van der Waals surface area (Å²) in [6.07, 6.45) is 3.57. The molecule has 0 saturated carbocycles. The maximum Gasteiger partial charge on any atom is 0.336 e. The number of hydrogen-bond acceptors (Lipinski definition) is 4. The summed E-state index contributed by atoms with van der Waals surface area (Å²) < 4.78 is 5.05. The molecule has 0 radical (unpaired) electrons. The van der Waals surface area contributed by atoms with Gasteiger partial charge in [0.15, 0.2) is 0 Å². The van der Waals surface area contributed by atoms with Gasteiger partial charge in [0.05, 0.1) is 0 Å². The maximum absolute atomic E-state index is 11.0. The van der Waals surface area contributed by atoms with Crippen LogP contribution in [0.1, 0.15) is 12.8 Å². The minimum absolute atomic E-state index is 0.273. The van der Waals surface area contributed by atoms with E-state index < -0.39 is 0 Å². The lowest BCUT2D eigenvalue weighted by molar-refractivity contribution is 0.464. The number of hydrogen-bond donors (Lipinski definition) is 2. The Morgan fingerprint density at radius 2 is 2.27 bits per heavy atom. The molecule has 1 aliphatic carbocycles. The van der Waals surface area contributed by atoms with Gasteiger partial charge in [-0.05, 0) is 31.5 Å². The Morgan fingerprint density at radius 3 is 3.00 bits per heavy atom. The van der Waals surface area contributed by atoms with Crippen molar-refractivity contribution in [2.24, 2.45) is 17.4 Å². The van der Waals surface area contributed by atoms with Crippen molar-refractivity contribution in [3.8, 4) is 0 Å². The van der Waals surface area contributed by atoms with Gasteiger partial charge in [0.25, 0.3) is 0 Å². The van der Waals surface area contributed by atoms with Gasteiger partial charge in [-0.2, -0.15) is 0 Å². The molecule has 1 atom stereocenters. The summed E-state index contributed by atoms with van der Waals surface area (Å²) >= 11 is 0. The molecule has 1 heterocycles. The zero-order valence-corrected chi connectivity index (χ0v) is 8.40. The van der Waals surface area contributed by atoms with E-state index in [1.807, 2.05) is 6.08 Å². The van der Waals surface area contributed by atoms with Crippen molar-refractivity contribution < 1.29 is 4.42 Å². The van der Waals surface area contributed by atoms with Crippen molar-refractivity contribution >= 4 is 11.8 Å². The normalized spacial score (nSPS) is 19.5. The molecule has 0 fully saturated rings. The highest BCUT2D eigenvalue weighted by molar-refractivity contribution is 5.49. The van der Waals surface area contributed by atoms with E-state index in [4.69, 9.17) is 15.9 Å². The van der Waals surface area contributed by atoms with Crippen molar-refractivity contribution in [2.45, 2.75) is 12.8 Å². The van der Waals surface area contributed by atoms with Crippen LogP contribution in [0.25, 0.3) is 11.8 Å². The predicted molar refractivity (Wildman–Crippen MR) is 58.1 cm³/mol. The SMILES string of the molecule is NCCC1CC=c2oc(=O)ccc2=C1N. The summed E-state index contributed by atoms with van der Waals surface area (Å²) in [7, 11) is 0. The van der Waals surface area contributed by atoms with E-state index >= 15 is 0 Å². The first kappa shape index (κ1) is 9.98. The third-order valence-corrected chi connectivity index (χ3v) is 2.72. The molecule has 0 aliphatic heterocycles. The number of fused-ring (bicyclic) bond motifs is 1. The van der Waals surface area contributed by atoms with Crippen LogP contribution >= 0.6 is 0 Å². The Morgan fingerprint density at radius 1 is 1.47 bits per heavy atom. The van der Waals surface area contributed by atoms with Crippen LogP contribution in [0, 0.1) is 5.92 Å². The molecular weight excluding hydrogens is 192 g/mol. The van der Waals surface area contributed by atoms with Crippen molar-refractivity contribution in [3.63, 3.8) is 0 Å². The van der Waals surface area contributed by atoms with Crippen molar-refractivity contribution in [3.05, 3.63) is 33.2 Å². The quantitative estimate of drug-likeness (QED) is 0.640. The van der Waals surface area contributed by atoms with Gasteiger partial charge in [0, 0.05) is 22.9 Å². The second kappa shape index (κ2) is 3.90. The minimum Gasteiger partial charge on any atom is -0.423 e. The molecule has 0 aromatic carbocycles. The Bertz CT molecular complexity index is 530. The number of nitrogens with two attached hydrogens (primary N) is 2. The average molecular weight is 206 g/mol. The lowest BCUT2D eigenvalue weighted by Gasteiger charge is -2.17. The van der Waals surface area contributed by atoms with Crippen LogP contribution in [0.15, 0.2) is 21.3 Å². The standard InChI is InChI=1S/C11H14N2O2/c12-6-5-7-1-3-9-8(11(7)13)2-4-10(14)15-9/h2-4,7H,1,5-6,12-13H2. The lowest BCUT2D eigenvalue weighted by atomic mass is 9.93. The van der Waals surface area contributed by atoms with E-state index in [9.17, 15) is 4.79 Å². The van der Waals surface area contributed by atoms with Gasteiger partial charge in [0.2, 0.25) is 0 Å². The number of rotatable bonds is 2. The van der Waals surface area contributed by atoms with Crippen molar-refractivity contribution in [1.82, 2.24) is 0 Å². The zero-order valence-electron chi connectivity index (χ0n) is 8.40. The van der Waals surface area contributed by atoms with Gasteiger partial charge in [-0.15, -0.1) is 0 Å². The van der Waals surface area contributed by atoms with Crippen LogP contribution in [0.4, 0.5) is 0 Å². The van der Waals surface area contributed by atoms with Gasteiger partial charge < -0.3 is 15.9 Å². The monoisotopic (exact) mass is 206 g/mol. The van der Waals surface area contributed by atoms with Crippen LogP contribution < -0.4 is 27.7 Å². The summed E-state index contributed by atoms with van der Waals surface area (Å²) in [5, 5.41) is 0.833. The fourth-order valence-electron chi connectivity index (χ4n) is 1.89. The van der Waals surface area contributed by atoms with Gasteiger partial charge >= 0.3 is 5.63 Å². The highest BCUT2D eigenvalue weighted by Gasteiger charge is 2.14. The summed E-state index contributed by atoms with van der Waals surface area (Å²) in [4.78, 5) is 11.0. The Labute approximate surface area is 86.9 Å². The van der Waals surface area contributed by atoms with Gasteiger partial charge in [0.1, 0.15) is 5.42 Å². The van der Waals surface area contributed by atoms with Crippen LogP contribution in [0.5, 0.6) is 0 Å². The second-order valence-corrected chi connectivity index (χ2v) is 3.70. The highest BCUT2D eigenvalue weighted by atomic mass is 16.4. The van der Waals surface area contributed by atoms with E-state index in [1.165, 1.54) is 6.07 Å². The smallest absolute Gasteiger partial charge is 0.336 e. The van der Waals surface area contributed by atoms with E-state index in [2.05, 4.69) is 0 Å². The highest BCUT2D eigenvalue weighted by Crippen LogP contribution is 2.16. The molecular formula is C11H14N2O2. The van der Waals surface area contributed by atoms with Crippen LogP contribution in [0.3, 0.4) is 0 Å². The molecule has 0 spiro atoms. The molecule has 0 saturated heterocycles. The fourth-order valence-corrected chi connectivity index (χ4v) is 1.89. The molecule has 80 valence electrons. The first-order valence-corrected chi connectivity index (χ1v) is 5.02. The van der Waals surface area contributed by atoms with E-state index in [0.717, 1.165) is 23.8 Å². The van der Waals surface area contributed by atoms with Gasteiger partial charge in [-0.1, -0.05) is 0 Å². The molecule has 4 nitrogen and oxygen atoms in total. The van der Waals surface area contributed by atoms with Crippen LogP contribution in [-0.4, -0.2) is 6.54 Å². The molecule has 2 rings (SSSR count). The third kappa shape index (κ3) is 1.80. The zero-order chi connectivity index (χ0) is 10.8. The molecule has 0 amide bonds. The van der Waals surface area contributed by atoms with E-state index in [0.29, 0.717) is 12.0 Å². The lowest BCUT2D eigenvalue weighted by Crippen LogP contribution is -2.38. The molecule has 4 heteroatoms. The maximum atomic E-state index is 11.0. The predicted octanol–water partition coefficient (Wildman–Crippen LogP) is -1.14. The summed E-state index contributed by atoms with van der Waals surface area (Å²) in [6, 6.07) is 3.11. The molecule has 0 bridgehead atoms. The first-order valence-electron chi connectivity index (χ1n) is 5.02. The molecule has 1 unspecified atom stereocenters. The second-order valence-electron chi connectivity index (χ2n) is 3.70. The van der Waals surface area contributed by atoms with Crippen LogP contribution in [-0.2, 0) is 0 Å². The largest absolute Gasteiger partial charge is 0.423 e. The van der Waals surface area contributed by atoms with Gasteiger partial charge in [-0.25, -0.2) is 4.79 Å². The van der Waals surface area contributed by atoms with Crippen LogP contribution in [0.2, 0.25) is 0 Å². The third-order valence-electron chi connectivity index (χ3n) is 2.72. The Kier molecular flexibility index (Phi) is 2.60. The average Bonchev–Trinajstić information content (AvgIpc) is 2.22. The minimum atomic E-state index is -0.338.